The van der Waals surface area contributed by atoms with Crippen molar-refractivity contribution in [3.8, 4) is 0 Å². The predicted molar refractivity (Wildman–Crippen MR) is 63.2 cm³/mol. The van der Waals surface area contributed by atoms with Crippen molar-refractivity contribution >= 4 is 23.2 Å². The molecule has 0 atom stereocenters. The number of hydrogen-bond donors (Lipinski definition) is 1. The fourth-order valence-corrected chi connectivity index (χ4v) is 1.29. The second kappa shape index (κ2) is 5.70. The third-order valence-corrected chi connectivity index (χ3v) is 2.49. The van der Waals surface area contributed by atoms with Gasteiger partial charge in [0.2, 0.25) is 5.91 Å². The summed E-state index contributed by atoms with van der Waals surface area (Å²) in [4.78, 5) is 13.0. The number of nitrogens with zero attached hydrogens (tertiary/aromatic N) is 1. The third-order valence-electron chi connectivity index (χ3n) is 2.26. The Morgan fingerprint density at radius 3 is 2.88 bits per heavy atom. The number of rotatable bonds is 4. The molecule has 0 saturated carbocycles. The molecule has 1 aromatic carbocycles. The SMILES string of the molecule is CCN(C)C(=O)CNc1cc(Cl)ccc1F. The van der Waals surface area contributed by atoms with Crippen molar-refractivity contribution in [2.75, 3.05) is 25.5 Å². The maximum absolute atomic E-state index is 13.3. The van der Waals surface area contributed by atoms with E-state index in [0.717, 1.165) is 0 Å². The van der Waals surface area contributed by atoms with Crippen molar-refractivity contribution in [3.63, 3.8) is 0 Å². The van der Waals surface area contributed by atoms with Gasteiger partial charge in [0.1, 0.15) is 5.82 Å². The zero-order chi connectivity index (χ0) is 12.1. The molecule has 1 rings (SSSR count). The second-order valence-corrected chi connectivity index (χ2v) is 3.82. The van der Waals surface area contributed by atoms with Crippen LogP contribution in [0.15, 0.2) is 18.2 Å². The lowest BCUT2D eigenvalue weighted by atomic mass is 10.3. The quantitative estimate of drug-likeness (QED) is 0.882. The van der Waals surface area contributed by atoms with Gasteiger partial charge in [0.05, 0.1) is 12.2 Å². The summed E-state index contributed by atoms with van der Waals surface area (Å²) in [7, 11) is 1.69. The van der Waals surface area contributed by atoms with Gasteiger partial charge in [0, 0.05) is 18.6 Å². The third kappa shape index (κ3) is 3.38. The molecular formula is C11H14ClFN2O. The number of benzene rings is 1. The summed E-state index contributed by atoms with van der Waals surface area (Å²) in [5, 5.41) is 3.15. The van der Waals surface area contributed by atoms with Crippen molar-refractivity contribution in [1.29, 1.82) is 0 Å². The fraction of sp³-hybridized carbons (Fsp3) is 0.364. The number of amides is 1. The van der Waals surface area contributed by atoms with Crippen LogP contribution in [0.25, 0.3) is 0 Å². The van der Waals surface area contributed by atoms with Crippen LogP contribution in [0, 0.1) is 5.82 Å². The lowest BCUT2D eigenvalue weighted by molar-refractivity contribution is -0.127. The molecule has 1 aromatic rings. The maximum atomic E-state index is 13.3. The highest BCUT2D eigenvalue weighted by atomic mass is 35.5. The van der Waals surface area contributed by atoms with E-state index in [1.807, 2.05) is 6.92 Å². The molecule has 0 aliphatic heterocycles. The standard InChI is InChI=1S/C11H14ClFN2O/c1-3-15(2)11(16)7-14-10-6-8(12)4-5-9(10)13/h4-6,14H,3,7H2,1-2H3. The summed E-state index contributed by atoms with van der Waals surface area (Å²) in [5.41, 5.74) is 0.241. The molecule has 0 aromatic heterocycles. The number of nitrogens with one attached hydrogen (secondary N) is 1. The smallest absolute Gasteiger partial charge is 0.241 e. The van der Waals surface area contributed by atoms with Crippen LogP contribution in [0.1, 0.15) is 6.92 Å². The summed E-state index contributed by atoms with van der Waals surface area (Å²) in [6.45, 7) is 2.55. The predicted octanol–water partition coefficient (Wildman–Crippen LogP) is 2.37. The van der Waals surface area contributed by atoms with Crippen LogP contribution in [-0.4, -0.2) is 30.9 Å². The topological polar surface area (TPSA) is 32.3 Å². The number of carbonyl (C=O) groups is 1. The molecule has 0 bridgehead atoms. The monoisotopic (exact) mass is 244 g/mol. The highest BCUT2D eigenvalue weighted by Gasteiger charge is 2.08. The summed E-state index contributed by atoms with van der Waals surface area (Å²) < 4.78 is 13.3. The molecule has 88 valence electrons. The Morgan fingerprint density at radius 2 is 2.25 bits per heavy atom. The van der Waals surface area contributed by atoms with E-state index in [4.69, 9.17) is 11.6 Å². The molecule has 0 aliphatic rings. The molecule has 0 heterocycles. The van der Waals surface area contributed by atoms with Gasteiger partial charge in [0.15, 0.2) is 0 Å². The van der Waals surface area contributed by atoms with Crippen molar-refractivity contribution in [2.45, 2.75) is 6.92 Å². The molecule has 0 unspecified atom stereocenters. The van der Waals surface area contributed by atoms with Gasteiger partial charge in [0.25, 0.3) is 0 Å². The van der Waals surface area contributed by atoms with Crippen LogP contribution in [0.3, 0.4) is 0 Å². The van der Waals surface area contributed by atoms with Crippen molar-refractivity contribution in [1.82, 2.24) is 4.90 Å². The first-order valence-corrected chi connectivity index (χ1v) is 5.35. The minimum atomic E-state index is -0.420. The molecular weight excluding hydrogens is 231 g/mol. The molecule has 0 radical (unpaired) electrons. The maximum Gasteiger partial charge on any atom is 0.241 e. The van der Waals surface area contributed by atoms with Crippen LogP contribution >= 0.6 is 11.6 Å². The van der Waals surface area contributed by atoms with Crippen LogP contribution in [0.5, 0.6) is 0 Å². The van der Waals surface area contributed by atoms with Crippen molar-refractivity contribution < 1.29 is 9.18 Å². The van der Waals surface area contributed by atoms with Crippen LogP contribution < -0.4 is 5.32 Å². The average molecular weight is 245 g/mol. The Kier molecular flexibility index (Phi) is 4.55. The van der Waals surface area contributed by atoms with Gasteiger partial charge in [-0.2, -0.15) is 0 Å². The van der Waals surface area contributed by atoms with Gasteiger partial charge >= 0.3 is 0 Å². The lowest BCUT2D eigenvalue weighted by Crippen LogP contribution is -2.32. The molecule has 1 amide bonds. The van der Waals surface area contributed by atoms with Gasteiger partial charge < -0.3 is 10.2 Å². The first kappa shape index (κ1) is 12.8. The largest absolute Gasteiger partial charge is 0.374 e. The average Bonchev–Trinajstić information content (AvgIpc) is 2.28. The Bertz CT molecular complexity index is 384. The molecule has 16 heavy (non-hydrogen) atoms. The minimum Gasteiger partial charge on any atom is -0.374 e. The van der Waals surface area contributed by atoms with Gasteiger partial charge in [-0.25, -0.2) is 4.39 Å². The van der Waals surface area contributed by atoms with Crippen LogP contribution in [0.2, 0.25) is 5.02 Å². The molecule has 5 heteroatoms. The normalized spacial score (nSPS) is 10.0. The highest BCUT2D eigenvalue weighted by molar-refractivity contribution is 6.30. The van der Waals surface area contributed by atoms with Gasteiger partial charge in [-0.1, -0.05) is 11.6 Å². The number of anilines is 1. The van der Waals surface area contributed by atoms with Crippen LogP contribution in [0.4, 0.5) is 10.1 Å². The molecule has 3 nitrogen and oxygen atoms in total. The Morgan fingerprint density at radius 1 is 1.56 bits per heavy atom. The molecule has 0 aliphatic carbocycles. The van der Waals surface area contributed by atoms with E-state index in [2.05, 4.69) is 5.32 Å². The molecule has 1 N–H and O–H groups in total. The Hall–Kier alpha value is -1.29. The van der Waals surface area contributed by atoms with E-state index >= 15 is 0 Å². The van der Waals surface area contributed by atoms with E-state index in [1.54, 1.807) is 11.9 Å². The Balaban J connectivity index is 2.61. The van der Waals surface area contributed by atoms with Gasteiger partial charge in [-0.15, -0.1) is 0 Å². The molecule has 0 fully saturated rings. The zero-order valence-corrected chi connectivity index (χ0v) is 10.0. The molecule has 0 saturated heterocycles. The summed E-state index contributed by atoms with van der Waals surface area (Å²) >= 11 is 5.72. The van der Waals surface area contributed by atoms with Crippen molar-refractivity contribution in [3.05, 3.63) is 29.0 Å². The lowest BCUT2D eigenvalue weighted by Gasteiger charge is -2.15. The minimum absolute atomic E-state index is 0.0571. The highest BCUT2D eigenvalue weighted by Crippen LogP contribution is 2.19. The van der Waals surface area contributed by atoms with Crippen molar-refractivity contribution in [2.24, 2.45) is 0 Å². The first-order chi connectivity index (χ1) is 7.54. The van der Waals surface area contributed by atoms with Gasteiger partial charge in [-0.3, -0.25) is 4.79 Å². The zero-order valence-electron chi connectivity index (χ0n) is 9.26. The number of likely N-dealkylation sites (N-methyl/N-ethyl adjacent to an activating group) is 1. The van der Waals surface area contributed by atoms with E-state index in [-0.39, 0.29) is 18.1 Å². The number of halogens is 2. The second-order valence-electron chi connectivity index (χ2n) is 3.39. The number of carbonyl (C=O) groups excluding carboxylic acids is 1. The van der Waals surface area contributed by atoms with E-state index in [0.29, 0.717) is 11.6 Å². The Labute approximate surface area is 99.2 Å². The van der Waals surface area contributed by atoms with Gasteiger partial charge in [-0.05, 0) is 25.1 Å². The van der Waals surface area contributed by atoms with E-state index in [1.165, 1.54) is 18.2 Å². The van der Waals surface area contributed by atoms with Crippen LogP contribution in [-0.2, 0) is 4.79 Å². The fourth-order valence-electron chi connectivity index (χ4n) is 1.12. The van der Waals surface area contributed by atoms with E-state index < -0.39 is 5.82 Å². The van der Waals surface area contributed by atoms with E-state index in [9.17, 15) is 9.18 Å². The number of hydrogen-bond acceptors (Lipinski definition) is 2. The summed E-state index contributed by atoms with van der Waals surface area (Å²) in [6, 6.07) is 4.18. The molecule has 0 spiro atoms. The first-order valence-electron chi connectivity index (χ1n) is 4.97. The summed E-state index contributed by atoms with van der Waals surface area (Å²) in [5.74, 6) is -0.516. The summed E-state index contributed by atoms with van der Waals surface area (Å²) in [6.07, 6.45) is 0.